The van der Waals surface area contributed by atoms with Crippen molar-refractivity contribution in [2.75, 3.05) is 5.32 Å². The molecule has 2 aromatic rings. The number of amides is 1. The molecule has 0 saturated heterocycles. The van der Waals surface area contributed by atoms with Gasteiger partial charge in [0.05, 0.1) is 10.7 Å². The molecule has 0 spiro atoms. The Hall–Kier alpha value is -1.91. The Morgan fingerprint density at radius 2 is 1.84 bits per heavy atom. The molecule has 0 bridgehead atoms. The normalized spacial score (nSPS) is 15.7. The van der Waals surface area contributed by atoms with Crippen molar-refractivity contribution in [3.8, 4) is 11.5 Å². The van der Waals surface area contributed by atoms with Crippen LogP contribution in [0.4, 0.5) is 5.69 Å². The van der Waals surface area contributed by atoms with Crippen LogP contribution in [0.2, 0.25) is 10.0 Å². The summed E-state index contributed by atoms with van der Waals surface area (Å²) in [5.74, 6) is 0.604. The van der Waals surface area contributed by atoms with Crippen LogP contribution in [0.3, 0.4) is 0 Å². The first-order valence-electron chi connectivity index (χ1n) is 10.8. The maximum atomic E-state index is 12.8. The third-order valence-electron chi connectivity index (χ3n) is 6.02. The number of phenols is 1. The first-order valence-corrected chi connectivity index (χ1v) is 11.5. The average Bonchev–Trinajstić information content (AvgIpc) is 3.24. The van der Waals surface area contributed by atoms with E-state index < -0.39 is 6.10 Å². The van der Waals surface area contributed by atoms with Crippen molar-refractivity contribution >= 4 is 34.8 Å². The van der Waals surface area contributed by atoms with Gasteiger partial charge in [0, 0.05) is 5.02 Å². The summed E-state index contributed by atoms with van der Waals surface area (Å²) in [5, 5.41) is 13.4. The molecule has 0 aliphatic heterocycles. The number of carbonyl (C=O) groups is 1. The molecular formula is C25H31Cl2NO3. The number of hydrogen-bond donors (Lipinski definition) is 2. The summed E-state index contributed by atoms with van der Waals surface area (Å²) in [5.41, 5.74) is 3.20. The summed E-state index contributed by atoms with van der Waals surface area (Å²) >= 11 is 12.3. The zero-order valence-electron chi connectivity index (χ0n) is 18.8. The van der Waals surface area contributed by atoms with Gasteiger partial charge in [-0.2, -0.15) is 0 Å². The molecule has 2 aromatic carbocycles. The zero-order valence-corrected chi connectivity index (χ0v) is 20.3. The van der Waals surface area contributed by atoms with E-state index in [0.29, 0.717) is 16.5 Å². The lowest BCUT2D eigenvalue weighted by Crippen LogP contribution is -2.30. The number of rotatable bonds is 5. The molecule has 31 heavy (non-hydrogen) atoms. The summed E-state index contributed by atoms with van der Waals surface area (Å²) in [6, 6.07) is 7.78. The van der Waals surface area contributed by atoms with Crippen molar-refractivity contribution in [2.24, 2.45) is 0 Å². The van der Waals surface area contributed by atoms with Gasteiger partial charge in [0.25, 0.3) is 5.91 Å². The summed E-state index contributed by atoms with van der Waals surface area (Å²) in [7, 11) is 0. The molecule has 0 radical (unpaired) electrons. The Morgan fingerprint density at radius 3 is 2.45 bits per heavy atom. The van der Waals surface area contributed by atoms with Gasteiger partial charge in [0.1, 0.15) is 5.75 Å². The molecule has 1 amide bonds. The smallest absolute Gasteiger partial charge is 0.265 e. The van der Waals surface area contributed by atoms with Crippen LogP contribution in [0.5, 0.6) is 11.5 Å². The second kappa shape index (κ2) is 9.30. The summed E-state index contributed by atoms with van der Waals surface area (Å²) in [4.78, 5) is 12.8. The van der Waals surface area contributed by atoms with E-state index in [0.717, 1.165) is 18.6 Å². The van der Waals surface area contributed by atoms with Crippen molar-refractivity contribution in [2.45, 2.75) is 77.7 Å². The van der Waals surface area contributed by atoms with Crippen LogP contribution in [0.25, 0.3) is 0 Å². The minimum Gasteiger partial charge on any atom is -0.504 e. The largest absolute Gasteiger partial charge is 0.504 e. The Kier molecular flexibility index (Phi) is 7.12. The standard InChI is InChI=1S/C25H31Cl2NO3/c1-14-19(26)13-20(23(29)22(14)27)28-24(30)15(2)31-21-11-10-17(25(3,4)5)12-18(21)16-8-6-7-9-16/h10-13,15-16,29H,6-9H2,1-5H3,(H,28,30). The van der Waals surface area contributed by atoms with Gasteiger partial charge >= 0.3 is 0 Å². The minimum atomic E-state index is -0.765. The Labute approximate surface area is 194 Å². The zero-order chi connectivity index (χ0) is 22.9. The molecule has 1 aliphatic carbocycles. The highest BCUT2D eigenvalue weighted by Crippen LogP contribution is 2.42. The molecule has 6 heteroatoms. The third-order valence-corrected chi connectivity index (χ3v) is 6.88. The second-order valence-electron chi connectivity index (χ2n) is 9.43. The number of carbonyl (C=O) groups excluding carboxylic acids is 1. The van der Waals surface area contributed by atoms with Crippen molar-refractivity contribution < 1.29 is 14.6 Å². The highest BCUT2D eigenvalue weighted by Gasteiger charge is 2.26. The lowest BCUT2D eigenvalue weighted by Gasteiger charge is -2.25. The lowest BCUT2D eigenvalue weighted by atomic mass is 9.84. The molecule has 1 unspecified atom stereocenters. The monoisotopic (exact) mass is 463 g/mol. The fourth-order valence-corrected chi connectivity index (χ4v) is 4.41. The number of ether oxygens (including phenoxy) is 1. The lowest BCUT2D eigenvalue weighted by molar-refractivity contribution is -0.122. The first-order chi connectivity index (χ1) is 14.5. The van der Waals surface area contributed by atoms with Gasteiger partial charge in [-0.25, -0.2) is 0 Å². The van der Waals surface area contributed by atoms with E-state index in [1.807, 2.05) is 6.07 Å². The van der Waals surface area contributed by atoms with Crippen molar-refractivity contribution in [3.05, 3.63) is 51.0 Å². The molecule has 168 valence electrons. The number of hydrogen-bond acceptors (Lipinski definition) is 3. The maximum Gasteiger partial charge on any atom is 0.265 e. The van der Waals surface area contributed by atoms with E-state index in [9.17, 15) is 9.90 Å². The van der Waals surface area contributed by atoms with Gasteiger partial charge in [-0.1, -0.05) is 68.9 Å². The number of halogens is 2. The number of nitrogens with one attached hydrogen (secondary N) is 1. The summed E-state index contributed by atoms with van der Waals surface area (Å²) in [6.45, 7) is 9.98. The van der Waals surface area contributed by atoms with E-state index in [2.05, 4.69) is 38.2 Å². The van der Waals surface area contributed by atoms with Crippen molar-refractivity contribution in [1.29, 1.82) is 0 Å². The van der Waals surface area contributed by atoms with Gasteiger partial charge in [-0.3, -0.25) is 4.79 Å². The van der Waals surface area contributed by atoms with Crippen LogP contribution in [0.1, 0.15) is 76.0 Å². The van der Waals surface area contributed by atoms with Gasteiger partial charge < -0.3 is 15.2 Å². The second-order valence-corrected chi connectivity index (χ2v) is 10.2. The van der Waals surface area contributed by atoms with Gasteiger partial charge in [-0.05, 0) is 66.8 Å². The number of anilines is 1. The van der Waals surface area contributed by atoms with Gasteiger partial charge in [0.15, 0.2) is 11.9 Å². The van der Waals surface area contributed by atoms with Crippen LogP contribution < -0.4 is 10.1 Å². The predicted molar refractivity (Wildman–Crippen MR) is 128 cm³/mol. The fraction of sp³-hybridized carbons (Fsp3) is 0.480. The number of phenolic OH excluding ortho intramolecular Hbond substituents is 1. The molecule has 2 N–H and O–H groups in total. The average molecular weight is 464 g/mol. The van der Waals surface area contributed by atoms with Crippen LogP contribution in [-0.2, 0) is 10.2 Å². The molecule has 4 nitrogen and oxygen atoms in total. The van der Waals surface area contributed by atoms with E-state index in [-0.39, 0.29) is 27.8 Å². The van der Waals surface area contributed by atoms with Crippen LogP contribution in [-0.4, -0.2) is 17.1 Å². The minimum absolute atomic E-state index is 0.0381. The molecule has 1 atom stereocenters. The Bertz CT molecular complexity index is 976. The highest BCUT2D eigenvalue weighted by molar-refractivity contribution is 6.37. The SMILES string of the molecule is Cc1c(Cl)cc(NC(=O)C(C)Oc2ccc(C(C)(C)C)cc2C2CCCC2)c(O)c1Cl. The molecule has 1 saturated carbocycles. The fourth-order valence-electron chi connectivity index (χ4n) is 3.96. The third kappa shape index (κ3) is 5.30. The molecule has 1 aliphatic rings. The number of aromatic hydroxyl groups is 1. The van der Waals surface area contributed by atoms with Crippen LogP contribution in [0, 0.1) is 6.92 Å². The van der Waals surface area contributed by atoms with Gasteiger partial charge in [-0.15, -0.1) is 0 Å². The van der Waals surface area contributed by atoms with E-state index in [4.69, 9.17) is 27.9 Å². The maximum absolute atomic E-state index is 12.8. The van der Waals surface area contributed by atoms with E-state index in [1.54, 1.807) is 13.8 Å². The van der Waals surface area contributed by atoms with E-state index in [1.165, 1.54) is 30.0 Å². The Balaban J connectivity index is 1.82. The molecule has 0 heterocycles. The van der Waals surface area contributed by atoms with Crippen molar-refractivity contribution in [3.63, 3.8) is 0 Å². The molecule has 1 fully saturated rings. The topological polar surface area (TPSA) is 58.6 Å². The Morgan fingerprint density at radius 1 is 1.19 bits per heavy atom. The quantitative estimate of drug-likeness (QED) is 0.454. The van der Waals surface area contributed by atoms with Crippen molar-refractivity contribution in [1.82, 2.24) is 0 Å². The molecule has 3 rings (SSSR count). The summed E-state index contributed by atoms with van der Waals surface area (Å²) < 4.78 is 6.12. The van der Waals surface area contributed by atoms with E-state index >= 15 is 0 Å². The predicted octanol–water partition coefficient (Wildman–Crippen LogP) is 7.37. The summed E-state index contributed by atoms with van der Waals surface area (Å²) in [6.07, 6.45) is 3.94. The molecular weight excluding hydrogens is 433 g/mol. The highest BCUT2D eigenvalue weighted by atomic mass is 35.5. The molecule has 0 aromatic heterocycles. The van der Waals surface area contributed by atoms with Crippen LogP contribution in [0.15, 0.2) is 24.3 Å². The van der Waals surface area contributed by atoms with Gasteiger partial charge in [0.2, 0.25) is 0 Å². The first kappa shape index (κ1) is 23.7. The van der Waals surface area contributed by atoms with Crippen LogP contribution >= 0.6 is 23.2 Å². The number of benzene rings is 2.